The fourth-order valence-corrected chi connectivity index (χ4v) is 1.86. The number of fused-ring (bicyclic) bond motifs is 1. The molecule has 1 saturated carbocycles. The highest BCUT2D eigenvalue weighted by molar-refractivity contribution is 5.90. The molecule has 0 bridgehead atoms. The van der Waals surface area contributed by atoms with Crippen LogP contribution in [0.2, 0.25) is 0 Å². The number of carbonyl (C=O) groups is 2. The van der Waals surface area contributed by atoms with Gasteiger partial charge in [0.05, 0.1) is 0 Å². The molecule has 3 atom stereocenters. The standard InChI is InChI=1S/C7H9NO3/c9-6-4-2-1-3(4)5(8-6)7(10)11/h3-5H,1-2H2,(H,8,9)(H,10,11). The normalized spacial score (nSPS) is 40.7. The fourth-order valence-electron chi connectivity index (χ4n) is 1.86. The number of nitrogens with one attached hydrogen (secondary N) is 1. The second kappa shape index (κ2) is 1.96. The minimum absolute atomic E-state index is 0.00361. The van der Waals surface area contributed by atoms with Gasteiger partial charge in [-0.15, -0.1) is 0 Å². The van der Waals surface area contributed by atoms with Crippen LogP contribution in [-0.4, -0.2) is 23.0 Å². The molecule has 2 N–H and O–H groups in total. The van der Waals surface area contributed by atoms with Gasteiger partial charge in [-0.3, -0.25) is 4.79 Å². The van der Waals surface area contributed by atoms with Crippen molar-refractivity contribution in [3.63, 3.8) is 0 Å². The first-order valence-electron chi connectivity index (χ1n) is 3.73. The highest BCUT2D eigenvalue weighted by Crippen LogP contribution is 2.41. The Balaban J connectivity index is 2.16. The molecule has 2 rings (SSSR count). The maximum atomic E-state index is 11.0. The van der Waals surface area contributed by atoms with E-state index in [0.29, 0.717) is 0 Å². The highest BCUT2D eigenvalue weighted by atomic mass is 16.4. The minimum Gasteiger partial charge on any atom is -0.480 e. The van der Waals surface area contributed by atoms with Crippen LogP contribution in [0, 0.1) is 11.8 Å². The molecule has 2 aliphatic rings. The van der Waals surface area contributed by atoms with Crippen molar-refractivity contribution in [3.05, 3.63) is 0 Å². The van der Waals surface area contributed by atoms with Crippen molar-refractivity contribution in [2.75, 3.05) is 0 Å². The summed E-state index contributed by atoms with van der Waals surface area (Å²) < 4.78 is 0. The maximum absolute atomic E-state index is 11.0. The van der Waals surface area contributed by atoms with Crippen molar-refractivity contribution in [2.24, 2.45) is 11.8 Å². The van der Waals surface area contributed by atoms with Gasteiger partial charge in [0.2, 0.25) is 5.91 Å². The van der Waals surface area contributed by atoms with Gasteiger partial charge in [0.25, 0.3) is 0 Å². The van der Waals surface area contributed by atoms with Crippen molar-refractivity contribution in [1.82, 2.24) is 5.32 Å². The molecular formula is C7H9NO3. The summed E-state index contributed by atoms with van der Waals surface area (Å²) in [5, 5.41) is 11.1. The highest BCUT2D eigenvalue weighted by Gasteiger charge is 2.50. The van der Waals surface area contributed by atoms with Gasteiger partial charge in [-0.05, 0) is 12.8 Å². The second-order valence-corrected chi connectivity index (χ2v) is 3.17. The SMILES string of the molecule is O=C1NC(C(=O)O)C2CCC12. The molecule has 1 aliphatic carbocycles. The Hall–Kier alpha value is -1.06. The first-order valence-corrected chi connectivity index (χ1v) is 3.73. The number of amides is 1. The summed E-state index contributed by atoms with van der Waals surface area (Å²) in [6, 6.07) is -0.610. The number of hydrogen-bond acceptors (Lipinski definition) is 2. The third-order valence-electron chi connectivity index (χ3n) is 2.66. The monoisotopic (exact) mass is 155 g/mol. The molecule has 1 saturated heterocycles. The molecular weight excluding hydrogens is 146 g/mol. The van der Waals surface area contributed by atoms with E-state index in [1.165, 1.54) is 0 Å². The zero-order valence-electron chi connectivity index (χ0n) is 5.91. The first kappa shape index (κ1) is 6.64. The summed E-state index contributed by atoms with van der Waals surface area (Å²) in [4.78, 5) is 21.5. The van der Waals surface area contributed by atoms with Crippen molar-refractivity contribution >= 4 is 11.9 Å². The van der Waals surface area contributed by atoms with Gasteiger partial charge in [0.15, 0.2) is 0 Å². The zero-order valence-corrected chi connectivity index (χ0v) is 5.91. The lowest BCUT2D eigenvalue weighted by atomic mass is 9.73. The van der Waals surface area contributed by atoms with Crippen LogP contribution in [0.25, 0.3) is 0 Å². The second-order valence-electron chi connectivity index (χ2n) is 3.17. The van der Waals surface area contributed by atoms with E-state index < -0.39 is 12.0 Å². The molecule has 1 amide bonds. The molecule has 0 aromatic heterocycles. The molecule has 4 nitrogen and oxygen atoms in total. The van der Waals surface area contributed by atoms with Gasteiger partial charge in [-0.1, -0.05) is 0 Å². The largest absolute Gasteiger partial charge is 0.480 e. The van der Waals surface area contributed by atoms with Crippen LogP contribution < -0.4 is 5.32 Å². The molecule has 4 heteroatoms. The number of rotatable bonds is 1. The van der Waals surface area contributed by atoms with Crippen LogP contribution in [0.1, 0.15) is 12.8 Å². The van der Waals surface area contributed by atoms with Crippen molar-refractivity contribution < 1.29 is 14.7 Å². The van der Waals surface area contributed by atoms with Crippen LogP contribution in [-0.2, 0) is 9.59 Å². The van der Waals surface area contributed by atoms with Crippen LogP contribution in [0.4, 0.5) is 0 Å². The molecule has 11 heavy (non-hydrogen) atoms. The molecule has 0 aromatic carbocycles. The predicted molar refractivity (Wildman–Crippen MR) is 35.8 cm³/mol. The summed E-state index contributed by atoms with van der Waals surface area (Å²) in [6.07, 6.45) is 1.74. The number of aliphatic carboxylic acids is 1. The Morgan fingerprint density at radius 1 is 1.55 bits per heavy atom. The van der Waals surface area contributed by atoms with Gasteiger partial charge in [-0.25, -0.2) is 4.79 Å². The van der Waals surface area contributed by atoms with Crippen LogP contribution >= 0.6 is 0 Å². The number of carboxylic acid groups (broad SMARTS) is 1. The lowest BCUT2D eigenvalue weighted by Gasteiger charge is -2.28. The average molecular weight is 155 g/mol. The van der Waals surface area contributed by atoms with Gasteiger partial charge in [0, 0.05) is 11.8 Å². The first-order chi connectivity index (χ1) is 5.20. The molecule has 1 heterocycles. The molecule has 3 unspecified atom stereocenters. The van der Waals surface area contributed by atoms with E-state index in [4.69, 9.17) is 5.11 Å². The minimum atomic E-state index is -0.898. The van der Waals surface area contributed by atoms with E-state index in [1.54, 1.807) is 0 Å². The number of carbonyl (C=O) groups excluding carboxylic acids is 1. The lowest BCUT2D eigenvalue weighted by molar-refractivity contribution is -0.141. The third kappa shape index (κ3) is 0.751. The number of hydrogen-bond donors (Lipinski definition) is 2. The van der Waals surface area contributed by atoms with Crippen LogP contribution in [0.5, 0.6) is 0 Å². The van der Waals surface area contributed by atoms with Crippen LogP contribution in [0.3, 0.4) is 0 Å². The summed E-state index contributed by atoms with van der Waals surface area (Å²) >= 11 is 0. The lowest BCUT2D eigenvalue weighted by Crippen LogP contribution is -2.38. The predicted octanol–water partition coefficient (Wildman–Crippen LogP) is -0.404. The Morgan fingerprint density at radius 2 is 2.27 bits per heavy atom. The van der Waals surface area contributed by atoms with Gasteiger partial charge >= 0.3 is 5.97 Å². The van der Waals surface area contributed by atoms with E-state index >= 15 is 0 Å². The topological polar surface area (TPSA) is 66.4 Å². The van der Waals surface area contributed by atoms with Crippen molar-refractivity contribution in [2.45, 2.75) is 18.9 Å². The average Bonchev–Trinajstić information content (AvgIpc) is 2.02. The Kier molecular flexibility index (Phi) is 1.19. The van der Waals surface area contributed by atoms with Gasteiger partial charge in [0.1, 0.15) is 6.04 Å². The van der Waals surface area contributed by atoms with E-state index in [1.807, 2.05) is 0 Å². The van der Waals surface area contributed by atoms with Crippen molar-refractivity contribution in [1.29, 1.82) is 0 Å². The van der Waals surface area contributed by atoms with Gasteiger partial charge in [-0.2, -0.15) is 0 Å². The molecule has 0 spiro atoms. The van der Waals surface area contributed by atoms with E-state index in [-0.39, 0.29) is 17.7 Å². The van der Waals surface area contributed by atoms with E-state index in [9.17, 15) is 9.59 Å². The van der Waals surface area contributed by atoms with E-state index in [0.717, 1.165) is 12.8 Å². The summed E-state index contributed by atoms with van der Waals surface area (Å²) in [6.45, 7) is 0. The Bertz CT molecular complexity index is 226. The summed E-state index contributed by atoms with van der Waals surface area (Å²) in [5.74, 6) is -0.907. The third-order valence-corrected chi connectivity index (χ3v) is 2.66. The molecule has 60 valence electrons. The molecule has 1 aliphatic heterocycles. The quantitative estimate of drug-likeness (QED) is 0.541. The fraction of sp³-hybridized carbons (Fsp3) is 0.714. The maximum Gasteiger partial charge on any atom is 0.326 e. The Labute approximate surface area is 63.6 Å². The summed E-state index contributed by atoms with van der Waals surface area (Å²) in [7, 11) is 0. The summed E-state index contributed by atoms with van der Waals surface area (Å²) in [5.41, 5.74) is 0. The smallest absolute Gasteiger partial charge is 0.326 e. The zero-order chi connectivity index (χ0) is 8.01. The Morgan fingerprint density at radius 3 is 2.55 bits per heavy atom. The molecule has 0 aromatic rings. The number of carboxylic acids is 1. The van der Waals surface area contributed by atoms with Gasteiger partial charge < -0.3 is 10.4 Å². The van der Waals surface area contributed by atoms with E-state index in [2.05, 4.69) is 5.32 Å². The molecule has 0 radical (unpaired) electrons. The van der Waals surface area contributed by atoms with Crippen molar-refractivity contribution in [3.8, 4) is 0 Å². The molecule has 2 fully saturated rings. The van der Waals surface area contributed by atoms with Crippen LogP contribution in [0.15, 0.2) is 0 Å².